The number of aromatic nitrogens is 1. The molecular weight excluding hydrogens is 262 g/mol. The van der Waals surface area contributed by atoms with E-state index in [9.17, 15) is 0 Å². The largest absolute Gasteiger partial charge is 0.360 e. The van der Waals surface area contributed by atoms with Crippen LogP contribution in [-0.4, -0.2) is 29.7 Å². The van der Waals surface area contributed by atoms with Crippen molar-refractivity contribution in [3.8, 4) is 0 Å². The maximum absolute atomic E-state index is 5.48. The first-order valence-corrected chi connectivity index (χ1v) is 8.67. The number of nitrogens with one attached hydrogen (secondary N) is 1. The minimum atomic E-state index is 0.702. The van der Waals surface area contributed by atoms with Crippen LogP contribution in [0.15, 0.2) is 10.6 Å². The smallest absolute Gasteiger partial charge is 0.151 e. The van der Waals surface area contributed by atoms with E-state index in [1.165, 1.54) is 51.6 Å². The van der Waals surface area contributed by atoms with Crippen molar-refractivity contribution in [1.82, 2.24) is 15.4 Å². The molecule has 0 atom stereocenters. The van der Waals surface area contributed by atoms with Crippen molar-refractivity contribution in [2.24, 2.45) is 5.41 Å². The SMILES string of the molecule is CCCNCc1cc(CN2CCC3(CCCC3)CC2)on1. The van der Waals surface area contributed by atoms with E-state index >= 15 is 0 Å². The molecule has 4 nitrogen and oxygen atoms in total. The summed E-state index contributed by atoms with van der Waals surface area (Å²) in [4.78, 5) is 2.54. The van der Waals surface area contributed by atoms with E-state index < -0.39 is 0 Å². The Kier molecular flexibility index (Phi) is 4.96. The van der Waals surface area contributed by atoms with Crippen molar-refractivity contribution in [3.05, 3.63) is 17.5 Å². The molecule has 2 fully saturated rings. The Morgan fingerprint density at radius 2 is 2.00 bits per heavy atom. The van der Waals surface area contributed by atoms with Crippen molar-refractivity contribution in [1.29, 1.82) is 0 Å². The molecule has 1 saturated heterocycles. The fourth-order valence-electron chi connectivity index (χ4n) is 3.94. The average Bonchev–Trinajstić information content (AvgIpc) is 3.12. The Morgan fingerprint density at radius 1 is 1.24 bits per heavy atom. The first kappa shape index (κ1) is 15.0. The molecule has 1 saturated carbocycles. The number of rotatable bonds is 6. The van der Waals surface area contributed by atoms with E-state index in [1.54, 1.807) is 0 Å². The van der Waals surface area contributed by atoms with Gasteiger partial charge in [-0.25, -0.2) is 0 Å². The summed E-state index contributed by atoms with van der Waals surface area (Å²) in [5.74, 6) is 1.02. The highest BCUT2D eigenvalue weighted by molar-refractivity contribution is 5.05. The van der Waals surface area contributed by atoms with Crippen LogP contribution in [0.5, 0.6) is 0 Å². The molecule has 1 aliphatic carbocycles. The number of piperidine rings is 1. The molecule has 0 bridgehead atoms. The van der Waals surface area contributed by atoms with Gasteiger partial charge in [-0.15, -0.1) is 0 Å². The molecule has 0 amide bonds. The molecule has 4 heteroatoms. The highest BCUT2D eigenvalue weighted by Crippen LogP contribution is 2.46. The van der Waals surface area contributed by atoms with Gasteiger partial charge in [0.25, 0.3) is 0 Å². The molecule has 1 aromatic rings. The van der Waals surface area contributed by atoms with Crippen molar-refractivity contribution < 1.29 is 4.52 Å². The molecule has 118 valence electrons. The molecular formula is C17H29N3O. The Balaban J connectivity index is 1.44. The quantitative estimate of drug-likeness (QED) is 0.816. The molecule has 1 N–H and O–H groups in total. The second-order valence-corrected chi connectivity index (χ2v) is 6.94. The Morgan fingerprint density at radius 3 is 2.71 bits per heavy atom. The van der Waals surface area contributed by atoms with Gasteiger partial charge < -0.3 is 9.84 Å². The zero-order chi connectivity index (χ0) is 14.5. The summed E-state index contributed by atoms with van der Waals surface area (Å²) in [6, 6.07) is 2.11. The molecule has 0 radical (unpaired) electrons. The zero-order valence-corrected chi connectivity index (χ0v) is 13.4. The van der Waals surface area contributed by atoms with Crippen LogP contribution in [0.4, 0.5) is 0 Å². The van der Waals surface area contributed by atoms with Crippen LogP contribution in [0.25, 0.3) is 0 Å². The lowest BCUT2D eigenvalue weighted by molar-refractivity contribution is 0.0963. The molecule has 2 aliphatic rings. The second kappa shape index (κ2) is 6.93. The van der Waals surface area contributed by atoms with Gasteiger partial charge in [-0.1, -0.05) is 24.9 Å². The number of hydrogen-bond acceptors (Lipinski definition) is 4. The van der Waals surface area contributed by atoms with Gasteiger partial charge in [-0.2, -0.15) is 0 Å². The number of hydrogen-bond donors (Lipinski definition) is 1. The van der Waals surface area contributed by atoms with Crippen molar-refractivity contribution >= 4 is 0 Å². The fraction of sp³-hybridized carbons (Fsp3) is 0.824. The van der Waals surface area contributed by atoms with Gasteiger partial charge in [-0.3, -0.25) is 4.90 Å². The Labute approximate surface area is 128 Å². The molecule has 1 aliphatic heterocycles. The number of likely N-dealkylation sites (tertiary alicyclic amines) is 1. The Bertz CT molecular complexity index is 427. The lowest BCUT2D eigenvalue weighted by Crippen LogP contribution is -2.38. The van der Waals surface area contributed by atoms with E-state index in [1.807, 2.05) is 0 Å². The van der Waals surface area contributed by atoms with E-state index in [-0.39, 0.29) is 0 Å². The summed E-state index contributed by atoms with van der Waals surface area (Å²) < 4.78 is 5.48. The van der Waals surface area contributed by atoms with Gasteiger partial charge in [0.2, 0.25) is 0 Å². The van der Waals surface area contributed by atoms with Crippen molar-refractivity contribution in [3.63, 3.8) is 0 Å². The molecule has 1 aromatic heterocycles. The van der Waals surface area contributed by atoms with Crippen LogP contribution in [-0.2, 0) is 13.1 Å². The molecule has 0 unspecified atom stereocenters. The summed E-state index contributed by atoms with van der Waals surface area (Å²) >= 11 is 0. The van der Waals surface area contributed by atoms with Gasteiger partial charge >= 0.3 is 0 Å². The topological polar surface area (TPSA) is 41.3 Å². The van der Waals surface area contributed by atoms with Crippen molar-refractivity contribution in [2.75, 3.05) is 19.6 Å². The van der Waals surface area contributed by atoms with Crippen LogP contribution in [0.1, 0.15) is 63.3 Å². The average molecular weight is 291 g/mol. The van der Waals surface area contributed by atoms with Crippen LogP contribution < -0.4 is 5.32 Å². The van der Waals surface area contributed by atoms with Crippen LogP contribution in [0, 0.1) is 5.41 Å². The minimum absolute atomic E-state index is 0.702. The molecule has 2 heterocycles. The van der Waals surface area contributed by atoms with Crippen LogP contribution >= 0.6 is 0 Å². The second-order valence-electron chi connectivity index (χ2n) is 6.94. The molecule has 3 rings (SSSR count). The fourth-order valence-corrected chi connectivity index (χ4v) is 3.94. The number of nitrogens with zero attached hydrogens (tertiary/aromatic N) is 2. The third-order valence-electron chi connectivity index (χ3n) is 5.30. The first-order valence-electron chi connectivity index (χ1n) is 8.67. The van der Waals surface area contributed by atoms with Gasteiger partial charge in [0, 0.05) is 12.6 Å². The van der Waals surface area contributed by atoms with E-state index in [0.29, 0.717) is 5.41 Å². The lowest BCUT2D eigenvalue weighted by Gasteiger charge is -2.39. The third-order valence-corrected chi connectivity index (χ3v) is 5.30. The van der Waals surface area contributed by atoms with Gasteiger partial charge in [-0.05, 0) is 57.2 Å². The van der Waals surface area contributed by atoms with Crippen molar-refractivity contribution in [2.45, 2.75) is 65.0 Å². The summed E-state index contributed by atoms with van der Waals surface area (Å²) in [6.07, 6.45) is 9.76. The first-order chi connectivity index (χ1) is 10.3. The summed E-state index contributed by atoms with van der Waals surface area (Å²) in [5, 5.41) is 7.53. The Hall–Kier alpha value is -0.870. The normalized spacial score (nSPS) is 22.1. The lowest BCUT2D eigenvalue weighted by atomic mass is 9.77. The maximum atomic E-state index is 5.48. The molecule has 0 aromatic carbocycles. The zero-order valence-electron chi connectivity index (χ0n) is 13.4. The van der Waals surface area contributed by atoms with Crippen LogP contribution in [0.3, 0.4) is 0 Å². The minimum Gasteiger partial charge on any atom is -0.360 e. The predicted molar refractivity (Wildman–Crippen MR) is 83.9 cm³/mol. The van der Waals surface area contributed by atoms with E-state index in [2.05, 4.69) is 28.4 Å². The highest BCUT2D eigenvalue weighted by Gasteiger charge is 2.36. The summed E-state index contributed by atoms with van der Waals surface area (Å²) in [5.41, 5.74) is 1.73. The maximum Gasteiger partial charge on any atom is 0.151 e. The predicted octanol–water partition coefficient (Wildman–Crippen LogP) is 3.33. The van der Waals surface area contributed by atoms with Gasteiger partial charge in [0.1, 0.15) is 0 Å². The summed E-state index contributed by atoms with van der Waals surface area (Å²) in [7, 11) is 0. The summed E-state index contributed by atoms with van der Waals surface area (Å²) in [6.45, 7) is 7.41. The van der Waals surface area contributed by atoms with E-state index in [0.717, 1.165) is 37.5 Å². The van der Waals surface area contributed by atoms with Gasteiger partial charge in [0.05, 0.1) is 12.2 Å². The third kappa shape index (κ3) is 3.86. The highest BCUT2D eigenvalue weighted by atomic mass is 16.5. The monoisotopic (exact) mass is 291 g/mol. The molecule has 21 heavy (non-hydrogen) atoms. The van der Waals surface area contributed by atoms with Gasteiger partial charge in [0.15, 0.2) is 5.76 Å². The molecule has 1 spiro atoms. The van der Waals surface area contributed by atoms with E-state index in [4.69, 9.17) is 4.52 Å². The van der Waals surface area contributed by atoms with Crippen LogP contribution in [0.2, 0.25) is 0 Å². The standard InChI is InChI=1S/C17H29N3O/c1-2-9-18-13-15-12-16(21-19-15)14-20-10-7-17(8-11-20)5-3-4-6-17/h12,18H,2-11,13-14H2,1H3.